The van der Waals surface area contributed by atoms with Crippen LogP contribution in [0.3, 0.4) is 0 Å². The molecule has 20 heavy (non-hydrogen) atoms. The van der Waals surface area contributed by atoms with Gasteiger partial charge in [0.15, 0.2) is 0 Å². The molecule has 1 aromatic rings. The van der Waals surface area contributed by atoms with Crippen molar-refractivity contribution >= 4 is 17.5 Å². The highest BCUT2D eigenvalue weighted by Gasteiger charge is 2.25. The Bertz CT molecular complexity index is 481. The van der Waals surface area contributed by atoms with Gasteiger partial charge in [0, 0.05) is 13.1 Å². The lowest BCUT2D eigenvalue weighted by Gasteiger charge is -2.21. The quantitative estimate of drug-likeness (QED) is 0.490. The molecule has 1 saturated heterocycles. The molecule has 0 saturated carbocycles. The summed E-state index contributed by atoms with van der Waals surface area (Å²) in [7, 11) is 0. The average Bonchev–Trinajstić information content (AvgIpc) is 2.71. The van der Waals surface area contributed by atoms with Crippen LogP contribution in [-0.2, 0) is 0 Å². The van der Waals surface area contributed by atoms with E-state index in [1.165, 1.54) is 6.20 Å². The Morgan fingerprint density at radius 3 is 3.00 bits per heavy atom. The van der Waals surface area contributed by atoms with Crippen LogP contribution >= 0.6 is 0 Å². The number of hydrogen-bond donors (Lipinski definition) is 2. The van der Waals surface area contributed by atoms with Gasteiger partial charge in [-0.15, -0.1) is 0 Å². The lowest BCUT2D eigenvalue weighted by atomic mass is 9.98. The molecule has 0 bridgehead atoms. The van der Waals surface area contributed by atoms with Crippen LogP contribution in [0.2, 0.25) is 0 Å². The van der Waals surface area contributed by atoms with E-state index < -0.39 is 4.92 Å². The van der Waals surface area contributed by atoms with E-state index in [1.54, 1.807) is 0 Å². The topological polar surface area (TPSA) is 110 Å². The molecule has 0 amide bonds. The van der Waals surface area contributed by atoms with Crippen LogP contribution in [0.15, 0.2) is 6.20 Å². The number of nitrogen functional groups attached to an aromatic ring is 1. The third kappa shape index (κ3) is 3.13. The summed E-state index contributed by atoms with van der Waals surface area (Å²) in [4.78, 5) is 20.6. The predicted molar refractivity (Wildman–Crippen MR) is 76.3 cm³/mol. The van der Waals surface area contributed by atoms with Crippen LogP contribution in [0, 0.1) is 16.0 Å². The zero-order valence-electron chi connectivity index (χ0n) is 11.6. The van der Waals surface area contributed by atoms with E-state index in [0.717, 1.165) is 38.8 Å². The minimum absolute atomic E-state index is 0.0704. The highest BCUT2D eigenvalue weighted by atomic mass is 16.6. The van der Waals surface area contributed by atoms with Crippen molar-refractivity contribution in [2.75, 3.05) is 23.4 Å². The van der Waals surface area contributed by atoms with Crippen LogP contribution < -0.4 is 16.2 Å². The molecule has 1 aromatic heterocycles. The molecule has 1 unspecified atom stereocenters. The Morgan fingerprint density at radius 1 is 1.55 bits per heavy atom. The van der Waals surface area contributed by atoms with Crippen LogP contribution in [0.1, 0.15) is 32.6 Å². The van der Waals surface area contributed by atoms with Crippen LogP contribution in [0.5, 0.6) is 0 Å². The van der Waals surface area contributed by atoms with Crippen molar-refractivity contribution in [3.05, 3.63) is 16.3 Å². The normalized spacial score (nSPS) is 19.5. The lowest BCUT2D eigenvalue weighted by Crippen LogP contribution is -2.27. The Balaban J connectivity index is 2.27. The van der Waals surface area contributed by atoms with Crippen LogP contribution in [-0.4, -0.2) is 28.0 Å². The first-order valence-corrected chi connectivity index (χ1v) is 6.88. The number of nitrogens with two attached hydrogens (primary N) is 1. The molecule has 0 aliphatic carbocycles. The van der Waals surface area contributed by atoms with Gasteiger partial charge in [-0.1, -0.05) is 13.3 Å². The zero-order valence-corrected chi connectivity index (χ0v) is 11.6. The molecule has 2 rings (SSSR count). The third-order valence-corrected chi connectivity index (χ3v) is 3.80. The van der Waals surface area contributed by atoms with Crippen LogP contribution in [0.4, 0.5) is 17.5 Å². The zero-order chi connectivity index (χ0) is 14.5. The second kappa shape index (κ2) is 6.47. The molecule has 3 N–H and O–H groups in total. The molecule has 0 radical (unpaired) electrons. The fourth-order valence-electron chi connectivity index (χ4n) is 2.58. The maximum absolute atomic E-state index is 11.1. The summed E-state index contributed by atoms with van der Waals surface area (Å²) >= 11 is 0. The number of hydrogen-bond acceptors (Lipinski definition) is 7. The Kier molecular flexibility index (Phi) is 4.67. The van der Waals surface area contributed by atoms with Crippen molar-refractivity contribution in [3.8, 4) is 0 Å². The van der Waals surface area contributed by atoms with E-state index >= 15 is 0 Å². The SMILES string of the molecule is CCC1CCCN(c2nc(NN)ncc2[N+](=O)[O-])CC1. The first kappa shape index (κ1) is 14.4. The van der Waals surface area contributed by atoms with E-state index in [2.05, 4.69) is 22.3 Å². The Labute approximate surface area is 117 Å². The lowest BCUT2D eigenvalue weighted by molar-refractivity contribution is -0.384. The van der Waals surface area contributed by atoms with E-state index in [-0.39, 0.29) is 11.6 Å². The molecule has 0 aromatic carbocycles. The standard InChI is InChI=1S/C12H20N6O2/c1-2-9-4-3-6-17(7-5-9)11-10(18(19)20)8-14-12(15-11)16-13/h8-9H,2-7,13H2,1H3,(H,14,15,16). The maximum Gasteiger partial charge on any atom is 0.329 e. The number of nitro groups is 1. The number of hydrazine groups is 1. The van der Waals surface area contributed by atoms with Gasteiger partial charge in [-0.25, -0.2) is 10.8 Å². The molecule has 1 fully saturated rings. The molecule has 1 atom stereocenters. The summed E-state index contributed by atoms with van der Waals surface area (Å²) in [6, 6.07) is 0. The second-order valence-corrected chi connectivity index (χ2v) is 5.00. The minimum Gasteiger partial charge on any atom is -0.351 e. The van der Waals surface area contributed by atoms with Crippen molar-refractivity contribution in [1.29, 1.82) is 0 Å². The summed E-state index contributed by atoms with van der Waals surface area (Å²) in [5.41, 5.74) is 2.27. The summed E-state index contributed by atoms with van der Waals surface area (Å²) in [5, 5.41) is 11.1. The highest BCUT2D eigenvalue weighted by molar-refractivity contribution is 5.58. The Morgan fingerprint density at radius 2 is 2.35 bits per heavy atom. The third-order valence-electron chi connectivity index (χ3n) is 3.80. The van der Waals surface area contributed by atoms with E-state index in [9.17, 15) is 10.1 Å². The molecule has 1 aliphatic heterocycles. The van der Waals surface area contributed by atoms with Gasteiger partial charge in [0.2, 0.25) is 11.8 Å². The van der Waals surface area contributed by atoms with Gasteiger partial charge in [-0.05, 0) is 25.2 Å². The fourth-order valence-corrected chi connectivity index (χ4v) is 2.58. The molecule has 1 aliphatic rings. The first-order chi connectivity index (χ1) is 9.65. The van der Waals surface area contributed by atoms with Gasteiger partial charge in [-0.2, -0.15) is 4.98 Å². The molecular weight excluding hydrogens is 260 g/mol. The van der Waals surface area contributed by atoms with Crippen molar-refractivity contribution in [3.63, 3.8) is 0 Å². The van der Waals surface area contributed by atoms with Gasteiger partial charge in [-0.3, -0.25) is 15.5 Å². The summed E-state index contributed by atoms with van der Waals surface area (Å²) in [6.07, 6.45) is 5.57. The van der Waals surface area contributed by atoms with E-state index in [4.69, 9.17) is 5.84 Å². The van der Waals surface area contributed by atoms with Crippen molar-refractivity contribution in [1.82, 2.24) is 9.97 Å². The number of nitrogens with one attached hydrogen (secondary N) is 1. The monoisotopic (exact) mass is 280 g/mol. The van der Waals surface area contributed by atoms with E-state index in [0.29, 0.717) is 11.7 Å². The summed E-state index contributed by atoms with van der Waals surface area (Å²) in [5.74, 6) is 6.53. The van der Waals surface area contributed by atoms with Gasteiger partial charge in [0.25, 0.3) is 0 Å². The number of rotatable bonds is 4. The first-order valence-electron chi connectivity index (χ1n) is 6.88. The molecule has 8 heteroatoms. The molecule has 0 spiro atoms. The molecule has 8 nitrogen and oxygen atoms in total. The summed E-state index contributed by atoms with van der Waals surface area (Å²) in [6.45, 7) is 3.74. The number of nitrogens with zero attached hydrogens (tertiary/aromatic N) is 4. The minimum atomic E-state index is -0.447. The van der Waals surface area contributed by atoms with E-state index in [1.807, 2.05) is 4.90 Å². The highest BCUT2D eigenvalue weighted by Crippen LogP contribution is 2.29. The van der Waals surface area contributed by atoms with Gasteiger partial charge < -0.3 is 4.90 Å². The van der Waals surface area contributed by atoms with Crippen molar-refractivity contribution in [2.45, 2.75) is 32.6 Å². The second-order valence-electron chi connectivity index (χ2n) is 5.00. The predicted octanol–water partition coefficient (Wildman–Crippen LogP) is 1.69. The number of aromatic nitrogens is 2. The molecular formula is C12H20N6O2. The average molecular weight is 280 g/mol. The van der Waals surface area contributed by atoms with Gasteiger partial charge in [0.1, 0.15) is 6.20 Å². The molecule has 110 valence electrons. The number of anilines is 2. The Hall–Kier alpha value is -1.96. The maximum atomic E-state index is 11.1. The summed E-state index contributed by atoms with van der Waals surface area (Å²) < 4.78 is 0. The smallest absolute Gasteiger partial charge is 0.329 e. The largest absolute Gasteiger partial charge is 0.351 e. The van der Waals surface area contributed by atoms with Gasteiger partial charge in [0.05, 0.1) is 4.92 Å². The van der Waals surface area contributed by atoms with Crippen molar-refractivity contribution in [2.24, 2.45) is 11.8 Å². The molecule has 2 heterocycles. The van der Waals surface area contributed by atoms with Crippen LogP contribution in [0.25, 0.3) is 0 Å². The fraction of sp³-hybridized carbons (Fsp3) is 0.667. The van der Waals surface area contributed by atoms with Crippen molar-refractivity contribution < 1.29 is 4.92 Å². The van der Waals surface area contributed by atoms with Gasteiger partial charge >= 0.3 is 5.69 Å².